The van der Waals surface area contributed by atoms with Crippen molar-refractivity contribution in [2.24, 2.45) is 17.3 Å². The molecule has 2 saturated carbocycles. The lowest BCUT2D eigenvalue weighted by molar-refractivity contribution is -0.00793. The summed E-state index contributed by atoms with van der Waals surface area (Å²) < 4.78 is 9.65. The average Bonchev–Trinajstić information content (AvgIpc) is 2.67. The minimum Gasteiger partial charge on any atom is -0.453 e. The number of hydrogen-bond acceptors (Lipinski definition) is 4. The van der Waals surface area contributed by atoms with Gasteiger partial charge in [-0.1, -0.05) is 45.4 Å². The van der Waals surface area contributed by atoms with Crippen molar-refractivity contribution in [3.05, 3.63) is 0 Å². The van der Waals surface area contributed by atoms with Crippen LogP contribution in [0.2, 0.25) is 0 Å². The summed E-state index contributed by atoms with van der Waals surface area (Å²) in [5, 5.41) is 5.79. The van der Waals surface area contributed by atoms with Gasteiger partial charge >= 0.3 is 12.2 Å². The molecule has 0 bridgehead atoms. The van der Waals surface area contributed by atoms with E-state index < -0.39 is 18.4 Å². The van der Waals surface area contributed by atoms with Gasteiger partial charge in [0.1, 0.15) is 6.17 Å². The van der Waals surface area contributed by atoms with Crippen LogP contribution in [0.15, 0.2) is 0 Å². The first kappa shape index (κ1) is 19.9. The van der Waals surface area contributed by atoms with E-state index in [0.717, 1.165) is 25.7 Å². The second-order valence-corrected chi connectivity index (χ2v) is 7.74. The van der Waals surface area contributed by atoms with Crippen LogP contribution in [0.3, 0.4) is 0 Å². The molecule has 0 saturated heterocycles. The molecule has 0 unspecified atom stereocenters. The van der Waals surface area contributed by atoms with E-state index in [-0.39, 0.29) is 5.41 Å². The summed E-state index contributed by atoms with van der Waals surface area (Å²) in [6, 6.07) is 0. The highest BCUT2D eigenvalue weighted by molar-refractivity contribution is 5.71. The normalized spacial score (nSPS) is 20.2. The molecule has 2 aliphatic carbocycles. The Hall–Kier alpha value is -1.46. The summed E-state index contributed by atoms with van der Waals surface area (Å²) >= 11 is 0. The van der Waals surface area contributed by atoms with Crippen LogP contribution in [-0.4, -0.2) is 32.6 Å². The SMILES string of the molecule is COC(=O)NC(NC(=O)OC)C(C)(C1CCCCC1)C1CCCCC1. The summed E-state index contributed by atoms with van der Waals surface area (Å²) in [6.07, 6.45) is 10.5. The Morgan fingerprint density at radius 1 is 0.800 bits per heavy atom. The zero-order chi connectivity index (χ0) is 18.3. The second-order valence-electron chi connectivity index (χ2n) is 7.74. The number of amides is 2. The first-order valence-electron chi connectivity index (χ1n) is 9.71. The Morgan fingerprint density at radius 3 is 1.48 bits per heavy atom. The van der Waals surface area contributed by atoms with Gasteiger partial charge in [-0.15, -0.1) is 0 Å². The number of ether oxygens (including phenoxy) is 2. The highest BCUT2D eigenvalue weighted by atomic mass is 16.5. The van der Waals surface area contributed by atoms with Crippen molar-refractivity contribution in [3.63, 3.8) is 0 Å². The first-order valence-corrected chi connectivity index (χ1v) is 9.71. The van der Waals surface area contributed by atoms with Gasteiger partial charge in [-0.25, -0.2) is 9.59 Å². The lowest BCUT2D eigenvalue weighted by Gasteiger charge is -2.51. The molecule has 2 aliphatic rings. The van der Waals surface area contributed by atoms with Gasteiger partial charge in [0.25, 0.3) is 0 Å². The molecular formula is C19H34N2O4. The lowest BCUT2D eigenvalue weighted by Crippen LogP contribution is -2.62. The van der Waals surface area contributed by atoms with Gasteiger partial charge in [-0.3, -0.25) is 0 Å². The zero-order valence-electron chi connectivity index (χ0n) is 15.9. The molecule has 0 aliphatic heterocycles. The minimum absolute atomic E-state index is 0.205. The average molecular weight is 354 g/mol. The lowest BCUT2D eigenvalue weighted by atomic mass is 9.58. The van der Waals surface area contributed by atoms with Gasteiger partial charge in [-0.2, -0.15) is 0 Å². The molecule has 0 aromatic heterocycles. The Labute approximate surface area is 151 Å². The number of nitrogens with one attached hydrogen (secondary N) is 2. The Balaban J connectivity index is 2.31. The van der Waals surface area contributed by atoms with Crippen molar-refractivity contribution in [1.29, 1.82) is 0 Å². The molecular weight excluding hydrogens is 320 g/mol. The van der Waals surface area contributed by atoms with Crippen LogP contribution in [0.1, 0.15) is 71.1 Å². The number of carbonyl (C=O) groups excluding carboxylic acids is 2. The minimum atomic E-state index is -0.515. The number of alkyl carbamates (subject to hydrolysis) is 2. The molecule has 6 nitrogen and oxygen atoms in total. The number of methoxy groups -OCH3 is 2. The summed E-state index contributed by atoms with van der Waals surface area (Å²) in [5.41, 5.74) is -0.205. The van der Waals surface area contributed by atoms with Crippen LogP contribution < -0.4 is 10.6 Å². The smallest absolute Gasteiger partial charge is 0.408 e. The van der Waals surface area contributed by atoms with Gasteiger partial charge in [0, 0.05) is 5.41 Å². The standard InChI is InChI=1S/C19H34N2O4/c1-19(14-10-6-4-7-11-14,15-12-8-5-9-13-15)16(20-17(22)24-2)21-18(23)25-3/h14-16H,4-13H2,1-3H3,(H,20,22)(H,21,23). The fourth-order valence-electron chi connectivity index (χ4n) is 4.95. The largest absolute Gasteiger partial charge is 0.453 e. The summed E-state index contributed by atoms with van der Waals surface area (Å²) in [4.78, 5) is 24.0. The Kier molecular flexibility index (Phi) is 7.38. The number of hydrogen-bond donors (Lipinski definition) is 2. The zero-order valence-corrected chi connectivity index (χ0v) is 15.9. The van der Waals surface area contributed by atoms with Crippen LogP contribution in [0.25, 0.3) is 0 Å². The number of carbonyl (C=O) groups is 2. The molecule has 2 rings (SSSR count). The Morgan fingerprint density at radius 2 is 1.16 bits per heavy atom. The topological polar surface area (TPSA) is 76.7 Å². The molecule has 2 fully saturated rings. The van der Waals surface area contributed by atoms with Crippen molar-refractivity contribution in [2.75, 3.05) is 14.2 Å². The van der Waals surface area contributed by atoms with Crippen LogP contribution in [0, 0.1) is 17.3 Å². The maximum atomic E-state index is 12.0. The van der Waals surface area contributed by atoms with Crippen molar-refractivity contribution in [3.8, 4) is 0 Å². The van der Waals surface area contributed by atoms with Gasteiger partial charge in [0.05, 0.1) is 14.2 Å². The molecule has 0 aromatic rings. The van der Waals surface area contributed by atoms with E-state index in [2.05, 4.69) is 17.6 Å². The predicted molar refractivity (Wildman–Crippen MR) is 96.1 cm³/mol. The molecule has 6 heteroatoms. The van der Waals surface area contributed by atoms with Crippen molar-refractivity contribution in [2.45, 2.75) is 77.3 Å². The molecule has 2 amide bonds. The summed E-state index contributed by atoms with van der Waals surface area (Å²) in [7, 11) is 2.70. The summed E-state index contributed by atoms with van der Waals surface area (Å²) in [6.45, 7) is 2.25. The molecule has 2 N–H and O–H groups in total. The van der Waals surface area contributed by atoms with E-state index in [1.54, 1.807) is 0 Å². The van der Waals surface area contributed by atoms with Crippen LogP contribution in [-0.2, 0) is 9.47 Å². The van der Waals surface area contributed by atoms with Crippen LogP contribution in [0.4, 0.5) is 9.59 Å². The maximum absolute atomic E-state index is 12.0. The quantitative estimate of drug-likeness (QED) is 0.726. The molecule has 144 valence electrons. The van der Waals surface area contributed by atoms with Gasteiger partial charge < -0.3 is 20.1 Å². The Bertz CT molecular complexity index is 407. The van der Waals surface area contributed by atoms with Gasteiger partial charge in [-0.05, 0) is 37.5 Å². The number of rotatable bonds is 5. The molecule has 0 heterocycles. The third-order valence-corrected chi connectivity index (χ3v) is 6.49. The first-order chi connectivity index (χ1) is 12.0. The van der Waals surface area contributed by atoms with E-state index in [9.17, 15) is 9.59 Å². The van der Waals surface area contributed by atoms with Crippen molar-refractivity contribution < 1.29 is 19.1 Å². The molecule has 0 aromatic carbocycles. The maximum Gasteiger partial charge on any atom is 0.408 e. The highest BCUT2D eigenvalue weighted by Gasteiger charge is 2.48. The van der Waals surface area contributed by atoms with E-state index in [4.69, 9.17) is 9.47 Å². The predicted octanol–water partition coefficient (Wildman–Crippen LogP) is 4.19. The molecule has 0 spiro atoms. The summed E-state index contributed by atoms with van der Waals surface area (Å²) in [5.74, 6) is 0.951. The monoisotopic (exact) mass is 354 g/mol. The third-order valence-electron chi connectivity index (χ3n) is 6.49. The fourth-order valence-corrected chi connectivity index (χ4v) is 4.95. The van der Waals surface area contributed by atoms with Gasteiger partial charge in [0.2, 0.25) is 0 Å². The molecule has 25 heavy (non-hydrogen) atoms. The van der Waals surface area contributed by atoms with E-state index >= 15 is 0 Å². The van der Waals surface area contributed by atoms with E-state index in [0.29, 0.717) is 11.8 Å². The van der Waals surface area contributed by atoms with Crippen LogP contribution >= 0.6 is 0 Å². The second kappa shape index (κ2) is 9.30. The van der Waals surface area contributed by atoms with Gasteiger partial charge in [0.15, 0.2) is 0 Å². The van der Waals surface area contributed by atoms with Crippen molar-refractivity contribution in [1.82, 2.24) is 10.6 Å². The third kappa shape index (κ3) is 4.79. The highest BCUT2D eigenvalue weighted by Crippen LogP contribution is 2.50. The van der Waals surface area contributed by atoms with Crippen LogP contribution in [0.5, 0.6) is 0 Å². The van der Waals surface area contributed by atoms with E-state index in [1.165, 1.54) is 52.7 Å². The van der Waals surface area contributed by atoms with E-state index in [1.807, 2.05) is 0 Å². The fraction of sp³-hybridized carbons (Fsp3) is 0.895. The molecule has 0 radical (unpaired) electrons. The van der Waals surface area contributed by atoms with Crippen molar-refractivity contribution >= 4 is 12.2 Å². The molecule has 0 atom stereocenters.